The molecule has 0 spiro atoms. The van der Waals surface area contributed by atoms with E-state index in [0.29, 0.717) is 12.2 Å². The second kappa shape index (κ2) is 9.77. The molecule has 2 aromatic carbocycles. The van der Waals surface area contributed by atoms with E-state index in [2.05, 4.69) is 5.32 Å². The molecule has 1 atom stereocenters. The van der Waals surface area contributed by atoms with Crippen molar-refractivity contribution in [2.24, 2.45) is 5.92 Å². The number of hydrogen-bond acceptors (Lipinski definition) is 4. The van der Waals surface area contributed by atoms with Crippen molar-refractivity contribution in [3.8, 4) is 0 Å². The molecule has 0 bridgehead atoms. The van der Waals surface area contributed by atoms with Gasteiger partial charge in [0, 0.05) is 37.6 Å². The second-order valence-corrected chi connectivity index (χ2v) is 9.77. The average Bonchev–Trinajstić information content (AvgIpc) is 3.43. The van der Waals surface area contributed by atoms with Crippen molar-refractivity contribution in [2.45, 2.75) is 43.9 Å². The summed E-state index contributed by atoms with van der Waals surface area (Å²) < 4.78 is 0. The Balaban J connectivity index is 1.40. The van der Waals surface area contributed by atoms with Gasteiger partial charge in [0.1, 0.15) is 5.37 Å². The maximum atomic E-state index is 12.6. The minimum atomic E-state index is -0.0511. The summed E-state index contributed by atoms with van der Waals surface area (Å²) in [7, 11) is 4.01. The van der Waals surface area contributed by atoms with Gasteiger partial charge in [-0.1, -0.05) is 37.8 Å². The first-order chi connectivity index (χ1) is 15.0. The summed E-state index contributed by atoms with van der Waals surface area (Å²) in [5, 5.41) is 2.97. The summed E-state index contributed by atoms with van der Waals surface area (Å²) in [4.78, 5) is 28.8. The molecular weight excluding hydrogens is 406 g/mol. The number of nitrogens with one attached hydrogen (secondary N) is 1. The van der Waals surface area contributed by atoms with E-state index in [-0.39, 0.29) is 17.2 Å². The number of thioether (sulfide) groups is 1. The van der Waals surface area contributed by atoms with Crippen molar-refractivity contribution < 1.29 is 9.59 Å². The molecule has 1 aliphatic carbocycles. The van der Waals surface area contributed by atoms with Crippen LogP contribution in [0.5, 0.6) is 0 Å². The van der Waals surface area contributed by atoms with Gasteiger partial charge in [-0.05, 0) is 54.3 Å². The van der Waals surface area contributed by atoms with E-state index in [1.54, 1.807) is 11.8 Å². The fourth-order valence-corrected chi connectivity index (χ4v) is 5.63. The van der Waals surface area contributed by atoms with E-state index >= 15 is 0 Å². The van der Waals surface area contributed by atoms with Crippen LogP contribution in [0.4, 0.5) is 17.1 Å². The van der Waals surface area contributed by atoms with Crippen molar-refractivity contribution in [3.05, 3.63) is 54.1 Å². The van der Waals surface area contributed by atoms with Gasteiger partial charge in [0.15, 0.2) is 0 Å². The van der Waals surface area contributed by atoms with Gasteiger partial charge in [0.05, 0.1) is 5.75 Å². The van der Waals surface area contributed by atoms with Gasteiger partial charge in [0.25, 0.3) is 0 Å². The van der Waals surface area contributed by atoms with Crippen molar-refractivity contribution in [1.82, 2.24) is 0 Å². The molecule has 1 saturated carbocycles. The molecule has 1 unspecified atom stereocenters. The first-order valence-electron chi connectivity index (χ1n) is 11.1. The monoisotopic (exact) mass is 437 g/mol. The molecule has 1 aliphatic heterocycles. The Kier molecular flexibility index (Phi) is 6.86. The quantitative estimate of drug-likeness (QED) is 0.627. The number of nitrogens with zero attached hydrogens (tertiary/aromatic N) is 2. The molecule has 2 fully saturated rings. The number of anilines is 3. The van der Waals surface area contributed by atoms with Crippen molar-refractivity contribution in [1.29, 1.82) is 0 Å². The third-order valence-electron chi connectivity index (χ3n) is 6.25. The molecule has 31 heavy (non-hydrogen) atoms. The molecule has 4 rings (SSSR count). The van der Waals surface area contributed by atoms with Crippen LogP contribution >= 0.6 is 11.8 Å². The largest absolute Gasteiger partial charge is 0.378 e. The molecule has 1 heterocycles. The highest BCUT2D eigenvalue weighted by molar-refractivity contribution is 8.00. The molecule has 2 aromatic rings. The van der Waals surface area contributed by atoms with Crippen LogP contribution in [0.15, 0.2) is 48.5 Å². The molecule has 2 amide bonds. The predicted octanol–water partition coefficient (Wildman–Crippen LogP) is 5.44. The lowest BCUT2D eigenvalue weighted by atomic mass is 10.0. The number of carbonyl (C=O) groups is 2. The Hall–Kier alpha value is -2.47. The predicted molar refractivity (Wildman–Crippen MR) is 130 cm³/mol. The van der Waals surface area contributed by atoms with Gasteiger partial charge in [-0.3, -0.25) is 14.5 Å². The topological polar surface area (TPSA) is 52.6 Å². The maximum absolute atomic E-state index is 12.6. The molecule has 5 nitrogen and oxygen atoms in total. The van der Waals surface area contributed by atoms with Crippen LogP contribution in [0.25, 0.3) is 0 Å². The third kappa shape index (κ3) is 5.24. The van der Waals surface area contributed by atoms with Gasteiger partial charge >= 0.3 is 0 Å². The van der Waals surface area contributed by atoms with Gasteiger partial charge in [-0.25, -0.2) is 0 Å². The Bertz CT molecular complexity index is 905. The number of carbonyl (C=O) groups excluding carboxylic acids is 2. The van der Waals surface area contributed by atoms with Crippen LogP contribution in [-0.4, -0.2) is 31.7 Å². The fraction of sp³-hybridized carbons (Fsp3) is 0.440. The minimum Gasteiger partial charge on any atom is -0.378 e. The van der Waals surface area contributed by atoms with E-state index in [4.69, 9.17) is 0 Å². The zero-order valence-electron chi connectivity index (χ0n) is 18.3. The summed E-state index contributed by atoms with van der Waals surface area (Å²) in [6, 6.07) is 16.0. The van der Waals surface area contributed by atoms with Gasteiger partial charge in [-0.15, -0.1) is 11.8 Å². The molecule has 1 N–H and O–H groups in total. The van der Waals surface area contributed by atoms with Gasteiger partial charge in [0.2, 0.25) is 11.8 Å². The van der Waals surface area contributed by atoms with Crippen LogP contribution < -0.4 is 15.1 Å². The highest BCUT2D eigenvalue weighted by Gasteiger charge is 2.34. The van der Waals surface area contributed by atoms with Gasteiger partial charge in [-0.2, -0.15) is 0 Å². The molecular formula is C25H31N3O2S. The lowest BCUT2D eigenvalue weighted by Crippen LogP contribution is -2.27. The number of hydrogen-bond donors (Lipinski definition) is 1. The third-order valence-corrected chi connectivity index (χ3v) is 7.46. The molecule has 0 radical (unpaired) electrons. The lowest BCUT2D eigenvalue weighted by Gasteiger charge is -2.25. The smallest absolute Gasteiger partial charge is 0.238 e. The number of rotatable bonds is 7. The fourth-order valence-electron chi connectivity index (χ4n) is 4.45. The number of amides is 2. The lowest BCUT2D eigenvalue weighted by molar-refractivity contribution is -0.117. The van der Waals surface area contributed by atoms with E-state index in [9.17, 15) is 9.59 Å². The summed E-state index contributed by atoms with van der Waals surface area (Å²) in [6.45, 7) is 0. The summed E-state index contributed by atoms with van der Waals surface area (Å²) >= 11 is 1.64. The Morgan fingerprint density at radius 2 is 1.74 bits per heavy atom. The highest BCUT2D eigenvalue weighted by Crippen LogP contribution is 2.42. The van der Waals surface area contributed by atoms with Crippen molar-refractivity contribution in [3.63, 3.8) is 0 Å². The van der Waals surface area contributed by atoms with Crippen molar-refractivity contribution in [2.75, 3.05) is 35.0 Å². The zero-order chi connectivity index (χ0) is 21.8. The SMILES string of the molecule is CN(C)c1ccc(N2C(=O)CSC2c2ccc(NC(=O)CCC3CCCC3)cc2)cc1. The first kappa shape index (κ1) is 21.8. The van der Waals surface area contributed by atoms with E-state index < -0.39 is 0 Å². The highest BCUT2D eigenvalue weighted by atomic mass is 32.2. The number of benzene rings is 2. The van der Waals surface area contributed by atoms with Crippen LogP contribution in [-0.2, 0) is 9.59 Å². The molecule has 2 aliphatic rings. The molecule has 1 saturated heterocycles. The van der Waals surface area contributed by atoms with Crippen molar-refractivity contribution >= 4 is 40.6 Å². The van der Waals surface area contributed by atoms with Gasteiger partial charge < -0.3 is 10.2 Å². The normalized spacial score (nSPS) is 19.1. The summed E-state index contributed by atoms with van der Waals surface area (Å²) in [5.74, 6) is 1.41. The van der Waals surface area contributed by atoms with Crippen LogP contribution in [0.2, 0.25) is 0 Å². The second-order valence-electron chi connectivity index (χ2n) is 8.70. The minimum absolute atomic E-state index is 0.0511. The van der Waals surface area contributed by atoms with Crippen LogP contribution in [0, 0.1) is 5.92 Å². The molecule has 0 aromatic heterocycles. The summed E-state index contributed by atoms with van der Waals surface area (Å²) in [6.07, 6.45) is 6.75. The van der Waals surface area contributed by atoms with Crippen LogP contribution in [0.3, 0.4) is 0 Å². The average molecular weight is 438 g/mol. The zero-order valence-corrected chi connectivity index (χ0v) is 19.2. The van der Waals surface area contributed by atoms with Crippen LogP contribution in [0.1, 0.15) is 49.5 Å². The van der Waals surface area contributed by atoms with E-state index in [1.165, 1.54) is 25.7 Å². The summed E-state index contributed by atoms with van der Waals surface area (Å²) in [5.41, 5.74) is 3.90. The Morgan fingerprint density at radius 1 is 1.06 bits per heavy atom. The van der Waals surface area contributed by atoms with E-state index in [1.807, 2.05) is 72.4 Å². The Morgan fingerprint density at radius 3 is 2.39 bits per heavy atom. The Labute approximate surface area is 189 Å². The first-order valence-corrected chi connectivity index (χ1v) is 12.2. The molecule has 164 valence electrons. The molecule has 6 heteroatoms. The van der Waals surface area contributed by atoms with E-state index in [0.717, 1.165) is 35.0 Å². The standard InChI is InChI=1S/C25H31N3O2S/c1-27(2)21-12-14-22(15-13-21)28-24(30)17-31-25(28)19-8-10-20(11-9-19)26-23(29)16-7-18-5-3-4-6-18/h8-15,18,25H,3-7,16-17H2,1-2H3,(H,26,29). The maximum Gasteiger partial charge on any atom is 0.238 e.